The molecule has 0 spiro atoms. The zero-order valence-corrected chi connectivity index (χ0v) is 9.12. The van der Waals surface area contributed by atoms with Crippen LogP contribution in [0, 0.1) is 0 Å². The van der Waals surface area contributed by atoms with E-state index in [1.54, 1.807) is 18.2 Å². The van der Waals surface area contributed by atoms with Gasteiger partial charge in [0.15, 0.2) is 0 Å². The summed E-state index contributed by atoms with van der Waals surface area (Å²) in [5.41, 5.74) is 0.998. The van der Waals surface area contributed by atoms with Crippen molar-refractivity contribution in [3.63, 3.8) is 0 Å². The Morgan fingerprint density at radius 1 is 1.35 bits per heavy atom. The van der Waals surface area contributed by atoms with E-state index in [4.69, 9.17) is 0 Å². The maximum absolute atomic E-state index is 11.5. The number of hydrogen-bond donors (Lipinski definition) is 2. The van der Waals surface area contributed by atoms with Gasteiger partial charge in [-0.15, -0.1) is 0 Å². The topological polar surface area (TPSA) is 79.7 Å². The predicted octanol–water partition coefficient (Wildman–Crippen LogP) is -0.299. The highest BCUT2D eigenvalue weighted by molar-refractivity contribution is 6.61. The highest BCUT2D eigenvalue weighted by Crippen LogP contribution is 2.15. The largest absolute Gasteiger partial charge is 0.489 e. The zero-order valence-electron chi connectivity index (χ0n) is 9.12. The first-order valence-corrected chi connectivity index (χ1v) is 4.97. The molecule has 0 amide bonds. The van der Waals surface area contributed by atoms with Crippen LogP contribution in [0.1, 0.15) is 10.4 Å². The number of carbonyl (C=O) groups excluding carboxylic acids is 1. The highest BCUT2D eigenvalue weighted by Gasteiger charge is 2.18. The van der Waals surface area contributed by atoms with Crippen molar-refractivity contribution >= 4 is 29.5 Å². The normalized spacial score (nSPS) is 10.3. The molecule has 0 saturated carbocycles. The van der Waals surface area contributed by atoms with Gasteiger partial charge in [0.1, 0.15) is 0 Å². The van der Waals surface area contributed by atoms with Crippen LogP contribution >= 0.6 is 0 Å². The Labute approximate surface area is 97.8 Å². The number of benzene rings is 1. The molecule has 86 valence electrons. The van der Waals surface area contributed by atoms with Gasteiger partial charge in [-0.1, -0.05) is 12.1 Å². The molecule has 17 heavy (non-hydrogen) atoms. The van der Waals surface area contributed by atoms with Gasteiger partial charge >= 0.3 is 13.1 Å². The van der Waals surface area contributed by atoms with Gasteiger partial charge < -0.3 is 14.8 Å². The van der Waals surface area contributed by atoms with E-state index in [1.165, 1.54) is 19.4 Å². The molecule has 0 aliphatic heterocycles. The van der Waals surface area contributed by atoms with Crippen LogP contribution < -0.4 is 5.46 Å². The number of hydrogen-bond acceptors (Lipinski definition) is 5. The second-order valence-corrected chi connectivity index (χ2v) is 3.47. The maximum atomic E-state index is 11.5. The first kappa shape index (κ1) is 11.6. The minimum atomic E-state index is -1.60. The van der Waals surface area contributed by atoms with E-state index in [9.17, 15) is 14.8 Å². The Bertz CT molecular complexity index is 570. The zero-order chi connectivity index (χ0) is 12.4. The van der Waals surface area contributed by atoms with E-state index >= 15 is 0 Å². The van der Waals surface area contributed by atoms with E-state index in [0.717, 1.165) is 0 Å². The summed E-state index contributed by atoms with van der Waals surface area (Å²) in [6, 6.07) is 6.38. The average molecular weight is 231 g/mol. The van der Waals surface area contributed by atoms with Crippen molar-refractivity contribution in [2.75, 3.05) is 7.11 Å². The summed E-state index contributed by atoms with van der Waals surface area (Å²) in [7, 11) is -0.320. The summed E-state index contributed by atoms with van der Waals surface area (Å²) in [5, 5.41) is 19.0. The lowest BCUT2D eigenvalue weighted by molar-refractivity contribution is 0.0602. The molecule has 2 aromatic rings. The van der Waals surface area contributed by atoms with Gasteiger partial charge in [0, 0.05) is 11.6 Å². The second-order valence-electron chi connectivity index (χ2n) is 3.47. The van der Waals surface area contributed by atoms with Gasteiger partial charge in [-0.25, -0.2) is 4.79 Å². The average Bonchev–Trinajstić information content (AvgIpc) is 2.36. The monoisotopic (exact) mass is 231 g/mol. The van der Waals surface area contributed by atoms with Gasteiger partial charge in [-0.05, 0) is 17.6 Å². The van der Waals surface area contributed by atoms with Gasteiger partial charge in [0.25, 0.3) is 0 Å². The summed E-state index contributed by atoms with van der Waals surface area (Å²) in [5.74, 6) is -0.507. The summed E-state index contributed by atoms with van der Waals surface area (Å²) >= 11 is 0. The number of methoxy groups -OCH3 is 1. The fraction of sp³-hybridized carbons (Fsp3) is 0.0909. The number of ether oxygens (including phenoxy) is 1. The molecule has 2 N–H and O–H groups in total. The predicted molar refractivity (Wildman–Crippen MR) is 62.9 cm³/mol. The number of carbonyl (C=O) groups is 1. The smallest absolute Gasteiger partial charge is 0.465 e. The Morgan fingerprint density at radius 3 is 2.76 bits per heavy atom. The first-order chi connectivity index (χ1) is 8.15. The lowest BCUT2D eigenvalue weighted by Gasteiger charge is -2.07. The molecule has 0 radical (unpaired) electrons. The molecule has 5 nitrogen and oxygen atoms in total. The van der Waals surface area contributed by atoms with Crippen LogP contribution in [0.5, 0.6) is 0 Å². The Kier molecular flexibility index (Phi) is 3.08. The molecule has 0 aliphatic rings. The molecule has 1 heterocycles. The van der Waals surface area contributed by atoms with Crippen LogP contribution in [0.3, 0.4) is 0 Å². The number of fused-ring (bicyclic) bond motifs is 1. The van der Waals surface area contributed by atoms with Crippen LogP contribution in [-0.2, 0) is 4.74 Å². The third-order valence-electron chi connectivity index (χ3n) is 2.49. The van der Waals surface area contributed by atoms with E-state index in [-0.39, 0.29) is 0 Å². The molecular formula is C11H10BNO4. The Morgan fingerprint density at radius 2 is 2.12 bits per heavy atom. The Balaban J connectivity index is 2.74. The summed E-state index contributed by atoms with van der Waals surface area (Å²) in [4.78, 5) is 15.6. The van der Waals surface area contributed by atoms with Crippen molar-refractivity contribution in [1.29, 1.82) is 0 Å². The van der Waals surface area contributed by atoms with Gasteiger partial charge in [0.2, 0.25) is 0 Å². The lowest BCUT2D eigenvalue weighted by atomic mass is 9.78. The summed E-state index contributed by atoms with van der Waals surface area (Å²) in [6.45, 7) is 0. The van der Waals surface area contributed by atoms with E-state index in [1.807, 2.05) is 0 Å². The number of rotatable bonds is 2. The first-order valence-electron chi connectivity index (χ1n) is 4.97. The molecule has 0 bridgehead atoms. The molecular weight excluding hydrogens is 221 g/mol. The van der Waals surface area contributed by atoms with E-state index in [0.29, 0.717) is 21.9 Å². The molecule has 1 aromatic heterocycles. The molecule has 0 atom stereocenters. The fourth-order valence-corrected chi connectivity index (χ4v) is 1.70. The molecule has 0 saturated heterocycles. The van der Waals surface area contributed by atoms with Crippen molar-refractivity contribution < 1.29 is 19.6 Å². The maximum Gasteiger partial charge on any atom is 0.489 e. The minimum Gasteiger partial charge on any atom is -0.465 e. The van der Waals surface area contributed by atoms with Crippen molar-refractivity contribution in [1.82, 2.24) is 4.98 Å². The number of esters is 1. The Hall–Kier alpha value is -1.92. The van der Waals surface area contributed by atoms with Crippen LogP contribution in [0.4, 0.5) is 0 Å². The second kappa shape index (κ2) is 4.53. The number of nitrogens with zero attached hydrogens (tertiary/aromatic N) is 1. The van der Waals surface area contributed by atoms with Crippen molar-refractivity contribution in [3.8, 4) is 0 Å². The third-order valence-corrected chi connectivity index (χ3v) is 2.49. The minimum absolute atomic E-state index is 0.299. The fourth-order valence-electron chi connectivity index (χ4n) is 1.70. The number of pyridine rings is 1. The molecule has 2 rings (SSSR count). The molecule has 0 aliphatic carbocycles. The van der Waals surface area contributed by atoms with Crippen molar-refractivity contribution in [2.24, 2.45) is 0 Å². The van der Waals surface area contributed by atoms with Gasteiger partial charge in [0.05, 0.1) is 18.2 Å². The lowest BCUT2D eigenvalue weighted by Crippen LogP contribution is -2.30. The standard InChI is InChI=1S/C11H10BNO4/c1-17-11(14)8-4-2-3-7-9(12(15)16)5-6-13-10(7)8/h2-6,15-16H,1H3. The van der Waals surface area contributed by atoms with Gasteiger partial charge in [-0.3, -0.25) is 4.98 Å². The van der Waals surface area contributed by atoms with Gasteiger partial charge in [-0.2, -0.15) is 0 Å². The number of para-hydroxylation sites is 1. The number of aromatic nitrogens is 1. The summed E-state index contributed by atoms with van der Waals surface area (Å²) < 4.78 is 4.64. The molecule has 0 fully saturated rings. The van der Waals surface area contributed by atoms with E-state index in [2.05, 4.69) is 9.72 Å². The summed E-state index contributed by atoms with van der Waals surface area (Å²) in [6.07, 6.45) is 1.42. The van der Waals surface area contributed by atoms with E-state index < -0.39 is 13.1 Å². The molecule has 6 heteroatoms. The quantitative estimate of drug-likeness (QED) is 0.548. The highest BCUT2D eigenvalue weighted by atomic mass is 16.5. The van der Waals surface area contributed by atoms with Crippen LogP contribution in [0.25, 0.3) is 10.9 Å². The molecule has 1 aromatic carbocycles. The van der Waals surface area contributed by atoms with Crippen molar-refractivity contribution in [2.45, 2.75) is 0 Å². The SMILES string of the molecule is COC(=O)c1cccc2c(B(O)O)ccnc12. The van der Waals surface area contributed by atoms with Crippen molar-refractivity contribution in [3.05, 3.63) is 36.0 Å². The third kappa shape index (κ3) is 2.00. The van der Waals surface area contributed by atoms with Crippen LogP contribution in [0.15, 0.2) is 30.5 Å². The van der Waals surface area contributed by atoms with Crippen LogP contribution in [0.2, 0.25) is 0 Å². The molecule has 0 unspecified atom stereocenters. The van der Waals surface area contributed by atoms with Crippen LogP contribution in [-0.4, -0.2) is 35.2 Å².